The monoisotopic (exact) mass is 757 g/mol. The zero-order valence-corrected chi connectivity index (χ0v) is 32.0. The number of ether oxygens (including phenoxy) is 1. The van der Waals surface area contributed by atoms with E-state index in [1.165, 1.54) is 22.6 Å². The van der Waals surface area contributed by atoms with Gasteiger partial charge in [0.1, 0.15) is 21.8 Å². The van der Waals surface area contributed by atoms with Crippen LogP contribution in [0.1, 0.15) is 81.3 Å². The number of benzene rings is 3. The lowest BCUT2D eigenvalue weighted by molar-refractivity contribution is -0.155. The lowest BCUT2D eigenvalue weighted by Crippen LogP contribution is -2.34. The molecule has 7 rings (SSSR count). The fourth-order valence-corrected chi connectivity index (χ4v) is 8.42. The lowest BCUT2D eigenvalue weighted by atomic mass is 9.86. The predicted octanol–water partition coefficient (Wildman–Crippen LogP) is 7.41. The number of para-hydroxylation sites is 1. The molecule has 0 saturated carbocycles. The molecule has 0 fully saturated rings. The molecule has 0 bridgehead atoms. The molecule has 0 saturated heterocycles. The van der Waals surface area contributed by atoms with E-state index in [-0.39, 0.29) is 18.3 Å². The van der Waals surface area contributed by atoms with Gasteiger partial charge in [-0.05, 0) is 94.7 Å². The standard InChI is InChI=1S/C40H43N3O5S.O3S/c1-5-20-43(23-12-19-32(44)48-40(2,3)4)38(45)27-15-7-6-14-26(27)33-29-24-25-13-10-21-42-22-11-16-28(35(25)42)36(29)47-39(46)34(33)37-41-30-17-8-9-18-31(30)49-37;1-4(2)3/h6-9,14-15,17-18,24H,5,10-13,16,19-23H2,1-4H3;. The number of carbonyl (C=O) groups is 2. The van der Waals surface area contributed by atoms with Crippen molar-refractivity contribution in [3.05, 3.63) is 81.7 Å². The quantitative estimate of drug-likeness (QED) is 0.110. The molecule has 2 aliphatic heterocycles. The van der Waals surface area contributed by atoms with Crippen molar-refractivity contribution in [1.29, 1.82) is 0 Å². The van der Waals surface area contributed by atoms with Crippen molar-refractivity contribution < 1.29 is 31.4 Å². The minimum absolute atomic E-state index is 0.135. The highest BCUT2D eigenvalue weighted by molar-refractivity contribution is 7.59. The smallest absolute Gasteiger partial charge is 0.425 e. The van der Waals surface area contributed by atoms with Crippen LogP contribution < -0.4 is 10.5 Å². The Balaban J connectivity index is 0.00000114. The molecule has 5 aromatic rings. The number of fused-ring (bicyclic) bond motifs is 3. The Bertz CT molecular complexity index is 2320. The van der Waals surface area contributed by atoms with Crippen LogP contribution in [0.2, 0.25) is 0 Å². The Hall–Kier alpha value is -4.88. The summed E-state index contributed by atoms with van der Waals surface area (Å²) >= 11 is 1.46. The molecular weight excluding hydrogens is 715 g/mol. The van der Waals surface area contributed by atoms with Crippen LogP contribution in [-0.2, 0) is 33.0 Å². The summed E-state index contributed by atoms with van der Waals surface area (Å²) in [5.41, 5.74) is 6.26. The maximum Gasteiger partial charge on any atom is 0.425 e. The van der Waals surface area contributed by atoms with Gasteiger partial charge < -0.3 is 19.0 Å². The summed E-state index contributed by atoms with van der Waals surface area (Å²) < 4.78 is 38.1. The van der Waals surface area contributed by atoms with Crippen molar-refractivity contribution >= 4 is 60.7 Å². The number of aromatic nitrogens is 1. The normalized spacial score (nSPS) is 13.6. The molecule has 278 valence electrons. The Morgan fingerprint density at radius 1 is 0.981 bits per heavy atom. The summed E-state index contributed by atoms with van der Waals surface area (Å²) in [7, 11) is -3.11. The van der Waals surface area contributed by atoms with Gasteiger partial charge >= 0.3 is 22.2 Å². The first-order chi connectivity index (χ1) is 25.4. The van der Waals surface area contributed by atoms with Crippen molar-refractivity contribution in [3.63, 3.8) is 0 Å². The Morgan fingerprint density at radius 3 is 2.40 bits per heavy atom. The number of hydrogen-bond acceptors (Lipinski definition) is 11. The third-order valence-electron chi connectivity index (χ3n) is 9.33. The fourth-order valence-electron chi connectivity index (χ4n) is 7.42. The summed E-state index contributed by atoms with van der Waals surface area (Å²) in [6.45, 7) is 10.6. The second-order valence-electron chi connectivity index (χ2n) is 14.3. The Kier molecular flexibility index (Phi) is 11.4. The van der Waals surface area contributed by atoms with E-state index in [4.69, 9.17) is 26.8 Å². The molecule has 13 heteroatoms. The van der Waals surface area contributed by atoms with E-state index in [2.05, 4.69) is 11.0 Å². The van der Waals surface area contributed by atoms with Crippen LogP contribution in [0, 0.1) is 0 Å². The van der Waals surface area contributed by atoms with Gasteiger partial charge in [0, 0.05) is 60.4 Å². The Labute approximate surface area is 313 Å². The van der Waals surface area contributed by atoms with Crippen LogP contribution in [0.5, 0.6) is 0 Å². The van der Waals surface area contributed by atoms with Crippen molar-refractivity contribution in [2.45, 2.75) is 78.2 Å². The van der Waals surface area contributed by atoms with Crippen LogP contribution in [-0.4, -0.2) is 66.2 Å². The molecule has 0 atom stereocenters. The fraction of sp³-hybridized carbons (Fsp3) is 0.400. The van der Waals surface area contributed by atoms with Gasteiger partial charge in [0.2, 0.25) is 0 Å². The number of anilines is 1. The van der Waals surface area contributed by atoms with E-state index in [1.807, 2.05) is 81.1 Å². The molecule has 2 aromatic heterocycles. The summed E-state index contributed by atoms with van der Waals surface area (Å²) in [4.78, 5) is 50.5. The van der Waals surface area contributed by atoms with Gasteiger partial charge in [0.05, 0.1) is 10.2 Å². The van der Waals surface area contributed by atoms with E-state index >= 15 is 0 Å². The van der Waals surface area contributed by atoms with Crippen LogP contribution in [0.25, 0.3) is 42.9 Å². The van der Waals surface area contributed by atoms with Crippen molar-refractivity contribution in [1.82, 2.24) is 9.88 Å². The van der Waals surface area contributed by atoms with Crippen molar-refractivity contribution in [3.8, 4) is 21.7 Å². The average molecular weight is 758 g/mol. The third-order valence-corrected chi connectivity index (χ3v) is 10.4. The molecule has 53 heavy (non-hydrogen) atoms. The summed E-state index contributed by atoms with van der Waals surface area (Å²) in [5, 5.41) is 1.42. The summed E-state index contributed by atoms with van der Waals surface area (Å²) in [6.07, 6.45) is 5.33. The first kappa shape index (κ1) is 37.9. The van der Waals surface area contributed by atoms with E-state index in [1.54, 1.807) is 0 Å². The number of rotatable bonds is 9. The van der Waals surface area contributed by atoms with E-state index in [9.17, 15) is 14.4 Å². The molecule has 0 aliphatic carbocycles. The second-order valence-corrected chi connectivity index (χ2v) is 15.7. The molecule has 0 N–H and O–H groups in total. The van der Waals surface area contributed by atoms with Gasteiger partial charge in [-0.25, -0.2) is 9.78 Å². The molecule has 2 aliphatic rings. The SMILES string of the molecule is CCCN(CCCC(=O)OC(C)(C)C)C(=O)c1ccccc1-c1c(-c2nc3ccccc3s2)c(=O)oc2c3c4c(cc12)CCCN4CCC3.O=S(=O)=O. The first-order valence-electron chi connectivity index (χ1n) is 18.0. The number of carbonyl (C=O) groups excluding carboxylic acids is 2. The van der Waals surface area contributed by atoms with Crippen molar-refractivity contribution in [2.75, 3.05) is 31.1 Å². The second kappa shape index (κ2) is 16.0. The van der Waals surface area contributed by atoms with Gasteiger partial charge in [-0.1, -0.05) is 37.3 Å². The number of hydrogen-bond donors (Lipinski definition) is 0. The third kappa shape index (κ3) is 8.36. The molecule has 0 radical (unpaired) electrons. The van der Waals surface area contributed by atoms with Gasteiger partial charge in [0.25, 0.3) is 5.91 Å². The highest BCUT2D eigenvalue weighted by Gasteiger charge is 2.32. The molecule has 3 aromatic carbocycles. The van der Waals surface area contributed by atoms with Crippen molar-refractivity contribution in [2.24, 2.45) is 0 Å². The zero-order chi connectivity index (χ0) is 37.9. The summed E-state index contributed by atoms with van der Waals surface area (Å²) in [5.74, 6) is -0.408. The lowest BCUT2D eigenvalue weighted by Gasteiger charge is -2.37. The zero-order valence-electron chi connectivity index (χ0n) is 30.4. The van der Waals surface area contributed by atoms with Gasteiger partial charge in [-0.2, -0.15) is 0 Å². The maximum atomic E-state index is 14.5. The highest BCUT2D eigenvalue weighted by atomic mass is 32.2. The molecule has 1 amide bonds. The van der Waals surface area contributed by atoms with Crippen LogP contribution >= 0.6 is 11.3 Å². The van der Waals surface area contributed by atoms with Crippen LogP contribution in [0.4, 0.5) is 5.69 Å². The van der Waals surface area contributed by atoms with E-state index in [0.717, 1.165) is 66.4 Å². The molecule has 11 nitrogen and oxygen atoms in total. The van der Waals surface area contributed by atoms with E-state index in [0.29, 0.717) is 52.4 Å². The molecule has 0 unspecified atom stereocenters. The molecular formula is C40H43N3O8S2. The van der Waals surface area contributed by atoms with Crippen LogP contribution in [0.15, 0.2) is 63.8 Å². The van der Waals surface area contributed by atoms with Crippen LogP contribution in [0.3, 0.4) is 0 Å². The average Bonchev–Trinajstić information content (AvgIpc) is 3.54. The van der Waals surface area contributed by atoms with Gasteiger partial charge in [-0.3, -0.25) is 9.59 Å². The minimum atomic E-state index is -3.11. The van der Waals surface area contributed by atoms with Gasteiger partial charge in [-0.15, -0.1) is 24.0 Å². The molecule has 4 heterocycles. The topological polar surface area (TPSA) is 144 Å². The van der Waals surface area contributed by atoms with E-state index < -0.39 is 21.8 Å². The largest absolute Gasteiger partial charge is 0.460 e. The number of aryl methyl sites for hydroxylation is 2. The minimum Gasteiger partial charge on any atom is -0.460 e. The number of esters is 1. The summed E-state index contributed by atoms with van der Waals surface area (Å²) in [6, 6.07) is 17.7. The number of thiazole rings is 1. The molecule has 0 spiro atoms. The maximum absolute atomic E-state index is 14.5. The predicted molar refractivity (Wildman–Crippen MR) is 206 cm³/mol. The number of nitrogens with zero attached hydrogens (tertiary/aromatic N) is 3. The highest BCUT2D eigenvalue weighted by Crippen LogP contribution is 2.46. The Morgan fingerprint density at radius 2 is 1.68 bits per heavy atom. The first-order valence-corrected chi connectivity index (χ1v) is 19.8. The van der Waals surface area contributed by atoms with Gasteiger partial charge in [0.15, 0.2) is 0 Å². The number of amides is 1.